The monoisotopic (exact) mass is 423 g/mol. The number of benzene rings is 4. The summed E-state index contributed by atoms with van der Waals surface area (Å²) in [6, 6.07) is 32.3. The summed E-state index contributed by atoms with van der Waals surface area (Å²) in [6.07, 6.45) is 1.23. The van der Waals surface area contributed by atoms with Crippen molar-refractivity contribution in [2.45, 2.75) is 25.0 Å². The highest BCUT2D eigenvalue weighted by Crippen LogP contribution is 2.32. The molecule has 0 saturated carbocycles. The first-order valence-corrected chi connectivity index (χ1v) is 11.3. The smallest absolute Gasteiger partial charge is 0.118 e. The fourth-order valence-electron chi connectivity index (χ4n) is 4.65. The Hall–Kier alpha value is -3.14. The molecule has 0 aromatic heterocycles. The van der Waals surface area contributed by atoms with E-state index in [1.54, 1.807) is 7.11 Å². The van der Waals surface area contributed by atoms with Crippen molar-refractivity contribution >= 4 is 10.8 Å². The highest BCUT2D eigenvalue weighted by Gasteiger charge is 2.27. The lowest BCUT2D eigenvalue weighted by Gasteiger charge is -2.33. The van der Waals surface area contributed by atoms with Crippen molar-refractivity contribution < 1.29 is 9.47 Å². The predicted molar refractivity (Wildman–Crippen MR) is 131 cm³/mol. The summed E-state index contributed by atoms with van der Waals surface area (Å²) in [6.45, 7) is 2.53. The Morgan fingerprint density at radius 1 is 0.812 bits per heavy atom. The summed E-state index contributed by atoms with van der Waals surface area (Å²) < 4.78 is 11.8. The van der Waals surface area contributed by atoms with Gasteiger partial charge in [-0.05, 0) is 64.2 Å². The van der Waals surface area contributed by atoms with Crippen molar-refractivity contribution in [1.29, 1.82) is 0 Å². The first-order valence-electron chi connectivity index (χ1n) is 11.3. The molecule has 2 atom stereocenters. The Balaban J connectivity index is 1.33. The minimum Gasteiger partial charge on any atom is -0.497 e. The minimum absolute atomic E-state index is 0.154. The van der Waals surface area contributed by atoms with Gasteiger partial charge in [-0.1, -0.05) is 72.8 Å². The van der Waals surface area contributed by atoms with Gasteiger partial charge in [0.25, 0.3) is 0 Å². The van der Waals surface area contributed by atoms with Gasteiger partial charge in [-0.2, -0.15) is 0 Å². The topological polar surface area (TPSA) is 30.5 Å². The summed E-state index contributed by atoms with van der Waals surface area (Å²) in [4.78, 5) is 0. The number of methoxy groups -OCH3 is 1. The van der Waals surface area contributed by atoms with E-state index in [1.165, 1.54) is 33.0 Å². The zero-order chi connectivity index (χ0) is 21.8. The SMILES string of the molecule is COc1ccc(-c2cccc(C3CCNCC3OCc3ccc4ccccc4c3)c2)cc1. The van der Waals surface area contributed by atoms with Crippen LogP contribution in [0.25, 0.3) is 21.9 Å². The number of rotatable bonds is 6. The number of hydrogen-bond donors (Lipinski definition) is 1. The second kappa shape index (κ2) is 9.56. The lowest BCUT2D eigenvalue weighted by molar-refractivity contribution is 0.0107. The van der Waals surface area contributed by atoms with Crippen LogP contribution in [0.3, 0.4) is 0 Å². The van der Waals surface area contributed by atoms with E-state index >= 15 is 0 Å². The van der Waals surface area contributed by atoms with Crippen molar-refractivity contribution in [1.82, 2.24) is 5.32 Å². The molecule has 0 bridgehead atoms. The molecule has 0 aliphatic carbocycles. The second-order valence-electron chi connectivity index (χ2n) is 8.48. The Bertz CT molecular complexity index is 1190. The van der Waals surface area contributed by atoms with Crippen molar-refractivity contribution in [2.75, 3.05) is 20.2 Å². The van der Waals surface area contributed by atoms with Gasteiger partial charge in [-0.3, -0.25) is 0 Å². The lowest BCUT2D eigenvalue weighted by Crippen LogP contribution is -2.41. The van der Waals surface area contributed by atoms with E-state index in [-0.39, 0.29) is 6.10 Å². The third-order valence-electron chi connectivity index (χ3n) is 6.44. The number of ether oxygens (including phenoxy) is 2. The molecule has 1 fully saturated rings. The van der Waals surface area contributed by atoms with Crippen LogP contribution in [-0.2, 0) is 11.3 Å². The van der Waals surface area contributed by atoms with Crippen LogP contribution in [0.4, 0.5) is 0 Å². The Kier molecular flexibility index (Phi) is 6.20. The maximum Gasteiger partial charge on any atom is 0.118 e. The van der Waals surface area contributed by atoms with Gasteiger partial charge < -0.3 is 14.8 Å². The van der Waals surface area contributed by atoms with Crippen LogP contribution in [0.15, 0.2) is 91.0 Å². The number of nitrogens with one attached hydrogen (secondary N) is 1. The largest absolute Gasteiger partial charge is 0.497 e. The van der Waals surface area contributed by atoms with Gasteiger partial charge >= 0.3 is 0 Å². The van der Waals surface area contributed by atoms with Crippen molar-refractivity contribution in [2.24, 2.45) is 0 Å². The van der Waals surface area contributed by atoms with Crippen LogP contribution in [0.2, 0.25) is 0 Å². The standard InChI is InChI=1S/C29H29NO2/c1-31-27-13-11-23(12-14-27)25-7-4-8-26(18-25)28-15-16-30-19-29(28)32-20-21-9-10-22-5-2-3-6-24(22)17-21/h2-14,17-18,28-30H,15-16,19-20H2,1H3. The van der Waals surface area contributed by atoms with E-state index in [9.17, 15) is 0 Å². The number of fused-ring (bicyclic) bond motifs is 1. The third kappa shape index (κ3) is 4.55. The fourth-order valence-corrected chi connectivity index (χ4v) is 4.65. The summed E-state index contributed by atoms with van der Waals surface area (Å²) in [5, 5.41) is 6.05. The fraction of sp³-hybridized carbons (Fsp3) is 0.241. The van der Waals surface area contributed by atoms with Crippen LogP contribution in [-0.4, -0.2) is 26.3 Å². The molecule has 0 spiro atoms. The molecular weight excluding hydrogens is 394 g/mol. The quantitative estimate of drug-likeness (QED) is 0.402. The highest BCUT2D eigenvalue weighted by molar-refractivity contribution is 5.82. The molecule has 162 valence electrons. The van der Waals surface area contributed by atoms with Crippen molar-refractivity contribution in [3.8, 4) is 16.9 Å². The molecule has 2 unspecified atom stereocenters. The molecule has 0 radical (unpaired) electrons. The van der Waals surface area contributed by atoms with E-state index in [4.69, 9.17) is 9.47 Å². The van der Waals surface area contributed by atoms with Crippen LogP contribution < -0.4 is 10.1 Å². The van der Waals surface area contributed by atoms with Gasteiger partial charge in [0, 0.05) is 12.5 Å². The molecule has 3 nitrogen and oxygen atoms in total. The summed E-state index contributed by atoms with van der Waals surface area (Å²) >= 11 is 0. The number of piperidine rings is 1. The molecule has 1 saturated heterocycles. The first-order chi connectivity index (χ1) is 15.8. The van der Waals surface area contributed by atoms with Crippen molar-refractivity contribution in [3.63, 3.8) is 0 Å². The molecule has 4 aromatic carbocycles. The van der Waals surface area contributed by atoms with Crippen LogP contribution in [0.1, 0.15) is 23.5 Å². The molecule has 1 aliphatic heterocycles. The van der Waals surface area contributed by atoms with E-state index in [0.717, 1.165) is 25.3 Å². The molecular formula is C29H29NO2. The average molecular weight is 424 g/mol. The molecule has 1 N–H and O–H groups in total. The van der Waals surface area contributed by atoms with Crippen LogP contribution >= 0.6 is 0 Å². The van der Waals surface area contributed by atoms with Gasteiger partial charge in [0.15, 0.2) is 0 Å². The van der Waals surface area contributed by atoms with Crippen LogP contribution in [0, 0.1) is 0 Å². The van der Waals surface area contributed by atoms with Gasteiger partial charge in [0.1, 0.15) is 5.75 Å². The van der Waals surface area contributed by atoms with Crippen molar-refractivity contribution in [3.05, 3.63) is 102 Å². The molecule has 5 rings (SSSR count). The predicted octanol–water partition coefficient (Wildman–Crippen LogP) is 6.18. The maximum atomic E-state index is 6.48. The Morgan fingerprint density at radius 3 is 2.50 bits per heavy atom. The van der Waals surface area contributed by atoms with Gasteiger partial charge in [0.05, 0.1) is 19.8 Å². The normalized spacial score (nSPS) is 18.5. The molecule has 1 aliphatic rings. The zero-order valence-corrected chi connectivity index (χ0v) is 18.5. The Labute approximate surface area is 190 Å². The summed E-state index contributed by atoms with van der Waals surface area (Å²) in [7, 11) is 1.70. The zero-order valence-electron chi connectivity index (χ0n) is 18.5. The molecule has 3 heteroatoms. The van der Waals surface area contributed by atoms with E-state index < -0.39 is 0 Å². The molecule has 1 heterocycles. The average Bonchev–Trinajstić information content (AvgIpc) is 2.87. The minimum atomic E-state index is 0.154. The maximum absolute atomic E-state index is 6.48. The lowest BCUT2D eigenvalue weighted by atomic mass is 9.86. The molecule has 4 aromatic rings. The van der Waals surface area contributed by atoms with Crippen LogP contribution in [0.5, 0.6) is 5.75 Å². The Morgan fingerprint density at radius 2 is 1.66 bits per heavy atom. The molecule has 0 amide bonds. The molecule has 32 heavy (non-hydrogen) atoms. The van der Waals surface area contributed by atoms with Gasteiger partial charge in [0.2, 0.25) is 0 Å². The van der Waals surface area contributed by atoms with E-state index in [2.05, 4.69) is 84.2 Å². The second-order valence-corrected chi connectivity index (χ2v) is 8.48. The first kappa shape index (κ1) is 20.7. The van der Waals surface area contributed by atoms with E-state index in [0.29, 0.717) is 12.5 Å². The highest BCUT2D eigenvalue weighted by atomic mass is 16.5. The number of hydrogen-bond acceptors (Lipinski definition) is 3. The van der Waals surface area contributed by atoms with E-state index in [1.807, 2.05) is 12.1 Å². The summed E-state index contributed by atoms with van der Waals surface area (Å²) in [5.74, 6) is 1.26. The van der Waals surface area contributed by atoms with Gasteiger partial charge in [-0.25, -0.2) is 0 Å². The third-order valence-corrected chi connectivity index (χ3v) is 6.44. The summed E-state index contributed by atoms with van der Waals surface area (Å²) in [5.41, 5.74) is 5.01. The van der Waals surface area contributed by atoms with Gasteiger partial charge in [-0.15, -0.1) is 0 Å².